The third kappa shape index (κ3) is 6.80. The molecule has 1 aliphatic carbocycles. The van der Waals surface area contributed by atoms with E-state index < -0.39 is 0 Å². The Kier molecular flexibility index (Phi) is 9.00. The lowest BCUT2D eigenvalue weighted by Gasteiger charge is -2.36. The third-order valence-electron chi connectivity index (χ3n) is 7.09. The maximum atomic E-state index is 12.8. The van der Waals surface area contributed by atoms with Crippen molar-refractivity contribution in [2.75, 3.05) is 70.3 Å². The van der Waals surface area contributed by atoms with Gasteiger partial charge in [0.2, 0.25) is 11.8 Å². The van der Waals surface area contributed by atoms with Gasteiger partial charge in [-0.05, 0) is 61.4 Å². The van der Waals surface area contributed by atoms with Gasteiger partial charge >= 0.3 is 0 Å². The van der Waals surface area contributed by atoms with E-state index in [-0.39, 0.29) is 30.2 Å². The van der Waals surface area contributed by atoms with Gasteiger partial charge in [0.1, 0.15) is 5.75 Å². The number of rotatable bonds is 10. The Labute approximate surface area is 218 Å². The van der Waals surface area contributed by atoms with Crippen LogP contribution in [0.25, 0.3) is 0 Å². The Morgan fingerprint density at radius 1 is 0.946 bits per heavy atom. The fourth-order valence-electron chi connectivity index (χ4n) is 4.60. The van der Waals surface area contributed by atoms with E-state index in [9.17, 15) is 14.4 Å². The van der Waals surface area contributed by atoms with Crippen LogP contribution in [0.5, 0.6) is 5.75 Å². The molecule has 0 atom stereocenters. The standard InChI is InChI=1S/C28H36N4O5/c1-36-19-18-32(28(35)21-4-3-5-21)20-26(33)29-23-8-10-24(11-9-23)30-14-16-31(17-15-30)27(34)22-6-12-25(37-2)13-7-22/h6-13,21H,3-5,14-20H2,1-2H3,(H,29,33). The van der Waals surface area contributed by atoms with Crippen molar-refractivity contribution in [1.29, 1.82) is 0 Å². The van der Waals surface area contributed by atoms with E-state index >= 15 is 0 Å². The first-order valence-corrected chi connectivity index (χ1v) is 12.8. The van der Waals surface area contributed by atoms with Gasteiger partial charge in [0.25, 0.3) is 5.91 Å². The van der Waals surface area contributed by atoms with Crippen molar-refractivity contribution >= 4 is 29.1 Å². The highest BCUT2D eigenvalue weighted by Crippen LogP contribution is 2.28. The first-order valence-electron chi connectivity index (χ1n) is 12.8. The molecule has 1 heterocycles. The van der Waals surface area contributed by atoms with Gasteiger partial charge in [0, 0.05) is 62.7 Å². The van der Waals surface area contributed by atoms with Crippen molar-refractivity contribution in [3.05, 3.63) is 54.1 Å². The lowest BCUT2D eigenvalue weighted by molar-refractivity contribution is -0.141. The van der Waals surface area contributed by atoms with Gasteiger partial charge in [-0.1, -0.05) is 6.42 Å². The van der Waals surface area contributed by atoms with Crippen LogP contribution in [-0.2, 0) is 14.3 Å². The molecular formula is C28H36N4O5. The highest BCUT2D eigenvalue weighted by atomic mass is 16.5. The van der Waals surface area contributed by atoms with Crippen molar-refractivity contribution in [2.24, 2.45) is 5.92 Å². The molecule has 37 heavy (non-hydrogen) atoms. The number of hydrogen-bond donors (Lipinski definition) is 1. The lowest BCUT2D eigenvalue weighted by atomic mass is 9.84. The molecule has 0 radical (unpaired) electrons. The molecule has 9 heteroatoms. The summed E-state index contributed by atoms with van der Waals surface area (Å²) in [6, 6.07) is 14.9. The highest BCUT2D eigenvalue weighted by molar-refractivity contribution is 5.95. The number of anilines is 2. The molecule has 2 aromatic rings. The third-order valence-corrected chi connectivity index (χ3v) is 7.09. The summed E-state index contributed by atoms with van der Waals surface area (Å²) in [7, 11) is 3.19. The van der Waals surface area contributed by atoms with Crippen LogP contribution in [0.1, 0.15) is 29.6 Å². The summed E-state index contributed by atoms with van der Waals surface area (Å²) in [4.78, 5) is 43.8. The summed E-state index contributed by atoms with van der Waals surface area (Å²) in [5, 5.41) is 2.90. The summed E-state index contributed by atoms with van der Waals surface area (Å²) in [5.74, 6) is 0.610. The summed E-state index contributed by atoms with van der Waals surface area (Å²) in [6.45, 7) is 3.55. The minimum Gasteiger partial charge on any atom is -0.497 e. The Bertz CT molecular complexity index is 1060. The molecule has 1 saturated carbocycles. The number of nitrogens with zero attached hydrogens (tertiary/aromatic N) is 3. The maximum Gasteiger partial charge on any atom is 0.253 e. The molecule has 2 fully saturated rings. The number of amides is 3. The molecular weight excluding hydrogens is 472 g/mol. The predicted molar refractivity (Wildman–Crippen MR) is 142 cm³/mol. The predicted octanol–water partition coefficient (Wildman–Crippen LogP) is 2.87. The second kappa shape index (κ2) is 12.6. The van der Waals surface area contributed by atoms with Crippen LogP contribution >= 0.6 is 0 Å². The molecule has 2 aromatic carbocycles. The van der Waals surface area contributed by atoms with Crippen LogP contribution in [0.2, 0.25) is 0 Å². The van der Waals surface area contributed by atoms with Crippen LogP contribution in [0.15, 0.2) is 48.5 Å². The van der Waals surface area contributed by atoms with Crippen LogP contribution in [0.3, 0.4) is 0 Å². The lowest BCUT2D eigenvalue weighted by Crippen LogP contribution is -2.48. The number of ether oxygens (including phenoxy) is 2. The van der Waals surface area contributed by atoms with Gasteiger partial charge in [-0.3, -0.25) is 14.4 Å². The van der Waals surface area contributed by atoms with Crippen molar-refractivity contribution in [2.45, 2.75) is 19.3 Å². The molecule has 0 spiro atoms. The molecule has 0 aromatic heterocycles. The van der Waals surface area contributed by atoms with Gasteiger partial charge in [-0.2, -0.15) is 0 Å². The molecule has 1 N–H and O–H groups in total. The SMILES string of the molecule is COCCN(CC(=O)Nc1ccc(N2CCN(C(=O)c3ccc(OC)cc3)CC2)cc1)C(=O)C1CCC1. The molecule has 0 unspecified atom stereocenters. The smallest absolute Gasteiger partial charge is 0.253 e. The Morgan fingerprint density at radius 2 is 1.62 bits per heavy atom. The fourth-order valence-corrected chi connectivity index (χ4v) is 4.60. The molecule has 9 nitrogen and oxygen atoms in total. The molecule has 4 rings (SSSR count). The zero-order valence-electron chi connectivity index (χ0n) is 21.7. The first-order chi connectivity index (χ1) is 18.0. The van der Waals surface area contributed by atoms with Gasteiger partial charge in [0.15, 0.2) is 0 Å². The molecule has 3 amide bonds. The van der Waals surface area contributed by atoms with Gasteiger partial charge in [0.05, 0.1) is 20.3 Å². The Hall–Kier alpha value is -3.59. The van der Waals surface area contributed by atoms with E-state index in [0.717, 1.165) is 43.8 Å². The second-order valence-corrected chi connectivity index (χ2v) is 9.48. The summed E-state index contributed by atoms with van der Waals surface area (Å²) in [6.07, 6.45) is 2.87. The van der Waals surface area contributed by atoms with E-state index in [1.54, 1.807) is 43.4 Å². The van der Waals surface area contributed by atoms with E-state index in [2.05, 4.69) is 10.2 Å². The Morgan fingerprint density at radius 3 is 2.19 bits per heavy atom. The van der Waals surface area contributed by atoms with Crippen LogP contribution in [-0.4, -0.2) is 87.6 Å². The van der Waals surface area contributed by atoms with Gasteiger partial charge < -0.3 is 29.5 Å². The van der Waals surface area contributed by atoms with Crippen LogP contribution < -0.4 is 15.0 Å². The van der Waals surface area contributed by atoms with Crippen molar-refractivity contribution in [1.82, 2.24) is 9.80 Å². The number of methoxy groups -OCH3 is 2. The second-order valence-electron chi connectivity index (χ2n) is 9.48. The quantitative estimate of drug-likeness (QED) is 0.531. The van der Waals surface area contributed by atoms with E-state index in [1.165, 1.54) is 0 Å². The maximum absolute atomic E-state index is 12.8. The summed E-state index contributed by atoms with van der Waals surface area (Å²) < 4.78 is 10.3. The van der Waals surface area contributed by atoms with Crippen molar-refractivity contribution < 1.29 is 23.9 Å². The average Bonchev–Trinajstić information content (AvgIpc) is 2.90. The van der Waals surface area contributed by atoms with Gasteiger partial charge in [-0.15, -0.1) is 0 Å². The molecule has 1 aliphatic heterocycles. The summed E-state index contributed by atoms with van der Waals surface area (Å²) in [5.41, 5.74) is 2.38. The first kappa shape index (κ1) is 26.5. The van der Waals surface area contributed by atoms with Crippen LogP contribution in [0.4, 0.5) is 11.4 Å². The largest absolute Gasteiger partial charge is 0.497 e. The minimum atomic E-state index is -0.220. The highest BCUT2D eigenvalue weighted by Gasteiger charge is 2.30. The number of benzene rings is 2. The minimum absolute atomic E-state index is 0.0185. The molecule has 198 valence electrons. The monoisotopic (exact) mass is 508 g/mol. The normalized spacial score (nSPS) is 15.6. The molecule has 2 aliphatic rings. The number of piperazine rings is 1. The summed E-state index contributed by atoms with van der Waals surface area (Å²) >= 11 is 0. The number of carbonyl (C=O) groups excluding carboxylic acids is 3. The van der Waals surface area contributed by atoms with E-state index in [4.69, 9.17) is 9.47 Å². The molecule has 0 bridgehead atoms. The average molecular weight is 509 g/mol. The van der Waals surface area contributed by atoms with Crippen molar-refractivity contribution in [3.8, 4) is 5.75 Å². The topological polar surface area (TPSA) is 91.4 Å². The number of carbonyl (C=O) groups is 3. The van der Waals surface area contributed by atoms with Crippen molar-refractivity contribution in [3.63, 3.8) is 0 Å². The fraction of sp³-hybridized carbons (Fsp3) is 0.464. The number of nitrogens with one attached hydrogen (secondary N) is 1. The Balaban J connectivity index is 1.26. The zero-order valence-corrected chi connectivity index (χ0v) is 21.7. The zero-order chi connectivity index (χ0) is 26.2. The van der Waals surface area contributed by atoms with E-state index in [0.29, 0.717) is 37.5 Å². The number of hydrogen-bond acceptors (Lipinski definition) is 6. The van der Waals surface area contributed by atoms with E-state index in [1.807, 2.05) is 29.2 Å². The van der Waals surface area contributed by atoms with Crippen LogP contribution in [0, 0.1) is 5.92 Å². The van der Waals surface area contributed by atoms with Gasteiger partial charge in [-0.25, -0.2) is 0 Å². The molecule has 1 saturated heterocycles.